The van der Waals surface area contributed by atoms with Crippen molar-refractivity contribution in [2.24, 2.45) is 0 Å². The zero-order chi connectivity index (χ0) is 5.49. The minimum absolute atomic E-state index is 0. The molecule has 0 saturated carbocycles. The van der Waals surface area contributed by atoms with Crippen molar-refractivity contribution in [2.75, 3.05) is 6.61 Å². The number of hydrogen-bond acceptors (Lipinski definition) is 1. The summed E-state index contributed by atoms with van der Waals surface area (Å²) in [6.07, 6.45) is -0.155. The van der Waals surface area contributed by atoms with E-state index in [0.29, 0.717) is 6.61 Å². The predicted octanol–water partition coefficient (Wildman–Crippen LogP) is 1.37. The van der Waals surface area contributed by atoms with Gasteiger partial charge in [0, 0.05) is 37.7 Å². The fraction of sp³-hybridized carbons (Fsp3) is 1.00. The molecular formula is C3H3CaCl3O. The Morgan fingerprint density at radius 2 is 1.75 bits per heavy atom. The van der Waals surface area contributed by atoms with E-state index < -0.39 is 3.79 Å². The first-order valence-corrected chi connectivity index (χ1v) is 2.92. The third kappa shape index (κ3) is 3.31. The van der Waals surface area contributed by atoms with Crippen LogP contribution in [0.15, 0.2) is 0 Å². The van der Waals surface area contributed by atoms with Crippen molar-refractivity contribution in [1.82, 2.24) is 0 Å². The van der Waals surface area contributed by atoms with Crippen molar-refractivity contribution in [3.8, 4) is 0 Å². The van der Waals surface area contributed by atoms with E-state index in [9.17, 15) is 0 Å². The second-order valence-corrected chi connectivity index (χ2v) is 3.73. The van der Waals surface area contributed by atoms with Crippen LogP contribution in [0.3, 0.4) is 0 Å². The zero-order valence-electron chi connectivity index (χ0n) is 4.03. The van der Waals surface area contributed by atoms with Gasteiger partial charge in [-0.3, -0.25) is 0 Å². The van der Waals surface area contributed by atoms with E-state index in [1.54, 1.807) is 0 Å². The van der Waals surface area contributed by atoms with Gasteiger partial charge in [-0.2, -0.15) is 0 Å². The summed E-state index contributed by atoms with van der Waals surface area (Å²) in [6.45, 7) is 0.580. The summed E-state index contributed by atoms with van der Waals surface area (Å²) in [4.78, 5) is 0. The number of alkyl halides is 3. The number of rotatable bonds is 0. The van der Waals surface area contributed by atoms with E-state index in [0.717, 1.165) is 0 Å². The molecule has 0 aliphatic carbocycles. The summed E-state index contributed by atoms with van der Waals surface area (Å²) in [5.74, 6) is 0. The zero-order valence-corrected chi connectivity index (χ0v) is 8.51. The van der Waals surface area contributed by atoms with Crippen LogP contribution in [0.25, 0.3) is 0 Å². The van der Waals surface area contributed by atoms with Crippen LogP contribution in [0.5, 0.6) is 0 Å². The van der Waals surface area contributed by atoms with E-state index in [1.807, 2.05) is 0 Å². The van der Waals surface area contributed by atoms with Gasteiger partial charge in [-0.1, -0.05) is 34.8 Å². The normalized spacial score (nSPS) is 26.6. The average molecular weight is 201 g/mol. The first-order chi connectivity index (χ1) is 3.11. The number of hydrogen-bond donors (Lipinski definition) is 0. The molecule has 1 nitrogen and oxygen atoms in total. The average Bonchev–Trinajstić information content (AvgIpc) is 1.99. The Bertz CT molecular complexity index is 77.1. The molecule has 0 aromatic heterocycles. The molecule has 1 heterocycles. The molecule has 5 heteroatoms. The summed E-state index contributed by atoms with van der Waals surface area (Å²) < 4.78 is 3.48. The van der Waals surface area contributed by atoms with Crippen LogP contribution >= 0.6 is 34.8 Å². The third-order valence-corrected chi connectivity index (χ3v) is 1.43. The van der Waals surface area contributed by atoms with Gasteiger partial charge in [0.1, 0.15) is 6.10 Å². The minimum Gasteiger partial charge on any atom is -0.368 e. The van der Waals surface area contributed by atoms with Crippen LogP contribution in [-0.4, -0.2) is 54.2 Å². The van der Waals surface area contributed by atoms with E-state index in [1.165, 1.54) is 0 Å². The largest absolute Gasteiger partial charge is 0.368 e. The Balaban J connectivity index is 0.000000490. The summed E-state index contributed by atoms with van der Waals surface area (Å²) in [5.41, 5.74) is 0. The molecule has 1 aliphatic rings. The second-order valence-electron chi connectivity index (χ2n) is 1.36. The van der Waals surface area contributed by atoms with Crippen LogP contribution in [0, 0.1) is 0 Å². The van der Waals surface area contributed by atoms with Gasteiger partial charge in [-0.25, -0.2) is 0 Å². The van der Waals surface area contributed by atoms with Crippen LogP contribution < -0.4 is 0 Å². The van der Waals surface area contributed by atoms with Crippen molar-refractivity contribution in [3.05, 3.63) is 0 Å². The maximum atomic E-state index is 5.34. The molecule has 0 aromatic rings. The summed E-state index contributed by atoms with van der Waals surface area (Å²) in [5, 5.41) is 0. The standard InChI is InChI=1S/C3H3Cl3O.Ca/c4-3(5,6)2-1-7-2;/h2H,1H2;. The Morgan fingerprint density at radius 3 is 1.75 bits per heavy atom. The third-order valence-electron chi connectivity index (χ3n) is 0.698. The molecule has 0 amide bonds. The predicted molar refractivity (Wildman–Crippen MR) is 35.8 cm³/mol. The molecule has 1 unspecified atom stereocenters. The number of epoxide rings is 1. The minimum atomic E-state index is -1.19. The Kier molecular flexibility index (Phi) is 4.38. The smallest absolute Gasteiger partial charge is 0.218 e. The SMILES string of the molecule is ClC(Cl)(Cl)C1CO1.[Ca]. The van der Waals surface area contributed by atoms with Crippen molar-refractivity contribution in [3.63, 3.8) is 0 Å². The van der Waals surface area contributed by atoms with Crippen molar-refractivity contribution >= 4 is 72.5 Å². The molecule has 0 aromatic carbocycles. The van der Waals surface area contributed by atoms with Crippen LogP contribution in [0.2, 0.25) is 0 Å². The summed E-state index contributed by atoms with van der Waals surface area (Å²) in [6, 6.07) is 0. The van der Waals surface area contributed by atoms with Gasteiger partial charge < -0.3 is 4.74 Å². The van der Waals surface area contributed by atoms with Crippen molar-refractivity contribution in [2.45, 2.75) is 9.90 Å². The van der Waals surface area contributed by atoms with E-state index in [2.05, 4.69) is 4.74 Å². The van der Waals surface area contributed by atoms with Gasteiger partial charge in [-0.05, 0) is 0 Å². The van der Waals surface area contributed by atoms with Crippen LogP contribution in [0.1, 0.15) is 0 Å². The van der Waals surface area contributed by atoms with Gasteiger partial charge in [0.25, 0.3) is 0 Å². The molecule has 2 radical (unpaired) electrons. The maximum absolute atomic E-state index is 5.34. The Hall–Kier alpha value is 2.09. The van der Waals surface area contributed by atoms with Crippen molar-refractivity contribution in [1.29, 1.82) is 0 Å². The molecule has 1 aliphatic heterocycles. The molecule has 1 rings (SSSR count). The fourth-order valence-corrected chi connectivity index (χ4v) is 0.615. The summed E-state index contributed by atoms with van der Waals surface area (Å²) in [7, 11) is 0. The van der Waals surface area contributed by atoms with Gasteiger partial charge in [0.2, 0.25) is 3.79 Å². The second kappa shape index (κ2) is 3.47. The Labute approximate surface area is 92.6 Å². The molecule has 0 bridgehead atoms. The van der Waals surface area contributed by atoms with Crippen LogP contribution in [0.4, 0.5) is 0 Å². The van der Waals surface area contributed by atoms with Crippen LogP contribution in [-0.2, 0) is 4.74 Å². The number of halogens is 3. The maximum Gasteiger partial charge on any atom is 0.218 e. The Morgan fingerprint density at radius 1 is 1.38 bits per heavy atom. The fourth-order valence-electron chi connectivity index (χ4n) is 0.237. The molecule has 1 fully saturated rings. The molecule has 1 atom stereocenters. The first kappa shape index (κ1) is 10.1. The van der Waals surface area contributed by atoms with Gasteiger partial charge in [0.05, 0.1) is 6.61 Å². The number of ether oxygens (including phenoxy) is 1. The van der Waals surface area contributed by atoms with Gasteiger partial charge in [-0.15, -0.1) is 0 Å². The molecule has 0 spiro atoms. The van der Waals surface area contributed by atoms with E-state index in [-0.39, 0.29) is 43.8 Å². The van der Waals surface area contributed by atoms with Gasteiger partial charge >= 0.3 is 0 Å². The molecule has 44 valence electrons. The molecular weight excluding hydrogens is 198 g/mol. The molecule has 0 N–H and O–H groups in total. The quantitative estimate of drug-likeness (QED) is 0.328. The summed E-state index contributed by atoms with van der Waals surface area (Å²) >= 11 is 16.0. The molecule has 1 saturated heterocycles. The van der Waals surface area contributed by atoms with Gasteiger partial charge in [0.15, 0.2) is 0 Å². The first-order valence-electron chi connectivity index (χ1n) is 1.79. The van der Waals surface area contributed by atoms with E-state index >= 15 is 0 Å². The molecule has 8 heavy (non-hydrogen) atoms. The topological polar surface area (TPSA) is 12.5 Å². The van der Waals surface area contributed by atoms with Crippen molar-refractivity contribution < 1.29 is 4.74 Å². The monoisotopic (exact) mass is 200 g/mol. The van der Waals surface area contributed by atoms with E-state index in [4.69, 9.17) is 34.8 Å².